The minimum absolute atomic E-state index is 0.186. The summed E-state index contributed by atoms with van der Waals surface area (Å²) in [6.45, 7) is 13.4. The first-order chi connectivity index (χ1) is 18.4. The van der Waals surface area contributed by atoms with Gasteiger partial charge in [0.2, 0.25) is 0 Å². The zero-order chi connectivity index (χ0) is 27.1. The highest BCUT2D eigenvalue weighted by molar-refractivity contribution is 6.36. The number of rotatable bonds is 11. The number of benzene rings is 4. The molecular formula is C34H39BO3. The predicted molar refractivity (Wildman–Crippen MR) is 157 cm³/mol. The molecule has 0 aliphatic carbocycles. The molecule has 3 nitrogen and oxygen atoms in total. The molecule has 4 aromatic carbocycles. The maximum Gasteiger partial charge on any atom is 0.640 e. The molecule has 0 saturated carbocycles. The van der Waals surface area contributed by atoms with Crippen molar-refractivity contribution in [3.8, 4) is 0 Å². The Balaban J connectivity index is 2.14. The van der Waals surface area contributed by atoms with E-state index in [2.05, 4.69) is 125 Å². The Bertz CT molecular complexity index is 1250. The van der Waals surface area contributed by atoms with E-state index < -0.39 is 12.9 Å². The molecule has 4 rings (SSSR count). The molecule has 0 amide bonds. The lowest BCUT2D eigenvalue weighted by Gasteiger charge is -2.44. The maximum atomic E-state index is 7.21. The van der Waals surface area contributed by atoms with Crippen LogP contribution >= 0.6 is 0 Å². The van der Waals surface area contributed by atoms with Crippen LogP contribution in [0.3, 0.4) is 0 Å². The van der Waals surface area contributed by atoms with Crippen LogP contribution in [0, 0.1) is 27.7 Å². The van der Waals surface area contributed by atoms with Crippen molar-refractivity contribution < 1.29 is 14.0 Å². The van der Waals surface area contributed by atoms with Crippen LogP contribution in [-0.2, 0) is 19.6 Å². The van der Waals surface area contributed by atoms with Crippen molar-refractivity contribution in [2.24, 2.45) is 0 Å². The summed E-state index contributed by atoms with van der Waals surface area (Å²) < 4.78 is 19.3. The molecule has 4 heteroatoms. The van der Waals surface area contributed by atoms with Gasteiger partial charge >= 0.3 is 7.32 Å². The summed E-state index contributed by atoms with van der Waals surface area (Å²) in [6.07, 6.45) is 0. The molecule has 0 aromatic heterocycles. The first-order valence-corrected chi connectivity index (χ1v) is 13.6. The van der Waals surface area contributed by atoms with Gasteiger partial charge in [0, 0.05) is 19.1 Å². The van der Waals surface area contributed by atoms with Gasteiger partial charge in [-0.3, -0.25) is 0 Å². The molecule has 0 bridgehead atoms. The highest BCUT2D eigenvalue weighted by Gasteiger charge is 2.49. The van der Waals surface area contributed by atoms with Crippen LogP contribution in [-0.4, -0.2) is 20.5 Å². The molecule has 0 atom stereocenters. The number of hydrogen-bond acceptors (Lipinski definition) is 3. The zero-order valence-corrected chi connectivity index (χ0v) is 23.5. The van der Waals surface area contributed by atoms with Crippen molar-refractivity contribution in [1.82, 2.24) is 0 Å². The summed E-state index contributed by atoms with van der Waals surface area (Å²) in [5, 5.41) is 0. The fraction of sp³-hybridized carbons (Fsp3) is 0.294. The lowest BCUT2D eigenvalue weighted by molar-refractivity contribution is 0.00460. The third-order valence-electron chi connectivity index (χ3n) is 6.94. The lowest BCUT2D eigenvalue weighted by Crippen LogP contribution is -2.45. The van der Waals surface area contributed by atoms with Crippen LogP contribution < -0.4 is 0 Å². The SMILES string of the molecule is CCOB(OCC)OC(c1cccc(C)c1)(c1cccc(C)c1)C(c1cccc(C)c1)c1cccc(C)c1. The molecule has 4 aromatic rings. The van der Waals surface area contributed by atoms with Crippen molar-refractivity contribution in [2.75, 3.05) is 13.2 Å². The summed E-state index contributed by atoms with van der Waals surface area (Å²) in [7, 11) is -0.844. The van der Waals surface area contributed by atoms with Crippen molar-refractivity contribution in [1.29, 1.82) is 0 Å². The van der Waals surface area contributed by atoms with Gasteiger partial charge in [-0.25, -0.2) is 0 Å². The minimum atomic E-state index is -0.950. The second kappa shape index (κ2) is 12.6. The highest BCUT2D eigenvalue weighted by Crippen LogP contribution is 2.50. The lowest BCUT2D eigenvalue weighted by atomic mass is 9.68. The number of aryl methyl sites for hydroxylation is 4. The van der Waals surface area contributed by atoms with Gasteiger partial charge < -0.3 is 14.0 Å². The molecule has 38 heavy (non-hydrogen) atoms. The van der Waals surface area contributed by atoms with Gasteiger partial charge in [0.05, 0.1) is 0 Å². The molecule has 0 radical (unpaired) electrons. The van der Waals surface area contributed by atoms with Crippen LogP contribution in [0.1, 0.15) is 64.3 Å². The smallest absolute Gasteiger partial charge is 0.386 e. The molecule has 0 N–H and O–H groups in total. The first kappa shape index (κ1) is 27.8. The second-order valence-electron chi connectivity index (χ2n) is 10.1. The third-order valence-corrected chi connectivity index (χ3v) is 6.94. The van der Waals surface area contributed by atoms with E-state index in [1.54, 1.807) is 0 Å². The van der Waals surface area contributed by atoms with Crippen LogP contribution in [0.15, 0.2) is 97.1 Å². The Kier molecular flexibility index (Phi) is 9.22. The molecule has 0 unspecified atom stereocenters. The van der Waals surface area contributed by atoms with E-state index in [0.29, 0.717) is 13.2 Å². The monoisotopic (exact) mass is 506 g/mol. The zero-order valence-electron chi connectivity index (χ0n) is 23.5. The van der Waals surface area contributed by atoms with Crippen LogP contribution in [0.4, 0.5) is 0 Å². The van der Waals surface area contributed by atoms with Gasteiger partial charge in [0.1, 0.15) is 5.60 Å². The molecule has 0 aliphatic rings. The Morgan fingerprint density at radius 1 is 0.579 bits per heavy atom. The van der Waals surface area contributed by atoms with E-state index in [9.17, 15) is 0 Å². The molecule has 196 valence electrons. The molecule has 0 saturated heterocycles. The topological polar surface area (TPSA) is 27.7 Å². The molecule has 0 spiro atoms. The van der Waals surface area contributed by atoms with E-state index in [0.717, 1.165) is 11.1 Å². The molecule has 0 heterocycles. The van der Waals surface area contributed by atoms with Crippen molar-refractivity contribution in [3.63, 3.8) is 0 Å². The third kappa shape index (κ3) is 6.10. The Hall–Kier alpha value is -3.18. The van der Waals surface area contributed by atoms with Gasteiger partial charge in [0.15, 0.2) is 0 Å². The van der Waals surface area contributed by atoms with Gasteiger partial charge in [-0.1, -0.05) is 119 Å². The average molecular weight is 506 g/mol. The minimum Gasteiger partial charge on any atom is -0.386 e. The Labute approximate surface area is 229 Å². The highest BCUT2D eigenvalue weighted by atomic mass is 16.7. The fourth-order valence-corrected chi connectivity index (χ4v) is 5.36. The normalized spacial score (nSPS) is 11.7. The Morgan fingerprint density at radius 2 is 0.974 bits per heavy atom. The largest absolute Gasteiger partial charge is 0.640 e. The number of hydrogen-bond donors (Lipinski definition) is 0. The summed E-state index contributed by atoms with van der Waals surface area (Å²) in [5.41, 5.74) is 8.24. The van der Waals surface area contributed by atoms with Crippen LogP contribution in [0.5, 0.6) is 0 Å². The molecular weight excluding hydrogens is 467 g/mol. The standard InChI is InChI=1S/C34H39BO3/c1-7-36-35(37-8-2)38-34(31-19-11-15-27(5)23-31,32-20-12-16-28(6)24-32)33(29-17-9-13-25(3)21-29)30-18-10-14-26(4)22-30/h9-24,33H,7-8H2,1-6H3. The van der Waals surface area contributed by atoms with E-state index in [4.69, 9.17) is 14.0 Å². The summed E-state index contributed by atoms with van der Waals surface area (Å²) in [6, 6.07) is 34.8. The average Bonchev–Trinajstić information content (AvgIpc) is 2.88. The van der Waals surface area contributed by atoms with Crippen LogP contribution in [0.25, 0.3) is 0 Å². The van der Waals surface area contributed by atoms with Gasteiger partial charge in [-0.2, -0.15) is 0 Å². The van der Waals surface area contributed by atoms with Crippen molar-refractivity contribution >= 4 is 7.32 Å². The Morgan fingerprint density at radius 3 is 1.34 bits per heavy atom. The van der Waals surface area contributed by atoms with Gasteiger partial charge in [0.25, 0.3) is 0 Å². The van der Waals surface area contributed by atoms with E-state index >= 15 is 0 Å². The summed E-state index contributed by atoms with van der Waals surface area (Å²) >= 11 is 0. The van der Waals surface area contributed by atoms with Crippen LogP contribution in [0.2, 0.25) is 0 Å². The van der Waals surface area contributed by atoms with Gasteiger partial charge in [-0.15, -0.1) is 0 Å². The fourth-order valence-electron chi connectivity index (χ4n) is 5.36. The van der Waals surface area contributed by atoms with E-state index in [1.807, 2.05) is 13.8 Å². The first-order valence-electron chi connectivity index (χ1n) is 13.6. The second-order valence-corrected chi connectivity index (χ2v) is 10.1. The van der Waals surface area contributed by atoms with E-state index in [-0.39, 0.29) is 5.92 Å². The molecule has 0 aliphatic heterocycles. The van der Waals surface area contributed by atoms with Crippen molar-refractivity contribution in [3.05, 3.63) is 142 Å². The molecule has 0 fully saturated rings. The quantitative estimate of drug-likeness (QED) is 0.193. The van der Waals surface area contributed by atoms with Gasteiger partial charge in [-0.05, 0) is 63.8 Å². The maximum absolute atomic E-state index is 7.21. The summed E-state index contributed by atoms with van der Waals surface area (Å²) in [5.74, 6) is -0.186. The van der Waals surface area contributed by atoms with Crippen molar-refractivity contribution in [2.45, 2.75) is 53.1 Å². The summed E-state index contributed by atoms with van der Waals surface area (Å²) in [4.78, 5) is 0. The predicted octanol–water partition coefficient (Wildman–Crippen LogP) is 8.07. The van der Waals surface area contributed by atoms with E-state index in [1.165, 1.54) is 33.4 Å².